The molecular weight excluding hydrogens is 303 g/mol. The summed E-state index contributed by atoms with van der Waals surface area (Å²) in [5.74, 6) is 0. The average molecular weight is 315 g/mol. The maximum atomic E-state index is 12.4. The summed E-state index contributed by atoms with van der Waals surface area (Å²) in [5, 5.41) is 10.2. The number of hydrogen-bond donors (Lipinski definition) is 1. The van der Waals surface area contributed by atoms with E-state index in [1.165, 1.54) is 0 Å². The van der Waals surface area contributed by atoms with Gasteiger partial charge in [-0.2, -0.15) is 0 Å². The van der Waals surface area contributed by atoms with Gasteiger partial charge in [0.1, 0.15) is 6.10 Å². The molecule has 5 heteroatoms. The highest BCUT2D eigenvalue weighted by molar-refractivity contribution is 7.89. The van der Waals surface area contributed by atoms with E-state index in [-0.39, 0.29) is 0 Å². The molecular formula is C14H12Cl2O2S. The molecule has 0 saturated heterocycles. The van der Waals surface area contributed by atoms with Crippen LogP contribution in [0.5, 0.6) is 0 Å². The molecule has 0 amide bonds. The van der Waals surface area contributed by atoms with Crippen LogP contribution in [0.4, 0.5) is 0 Å². The molecule has 2 nitrogen and oxygen atoms in total. The number of aliphatic hydroxyl groups is 1. The van der Waals surface area contributed by atoms with E-state index < -0.39 is 20.6 Å². The Balaban J connectivity index is 2.30. The molecule has 0 radical (unpaired) electrons. The van der Waals surface area contributed by atoms with E-state index in [4.69, 9.17) is 23.2 Å². The molecule has 19 heavy (non-hydrogen) atoms. The van der Waals surface area contributed by atoms with E-state index in [0.717, 1.165) is 0 Å². The Morgan fingerprint density at radius 1 is 0.947 bits per heavy atom. The highest BCUT2D eigenvalue weighted by Gasteiger charge is 2.41. The van der Waals surface area contributed by atoms with Crippen molar-refractivity contribution in [3.05, 3.63) is 66.2 Å². The van der Waals surface area contributed by atoms with Gasteiger partial charge in [0, 0.05) is 4.90 Å². The van der Waals surface area contributed by atoms with E-state index in [2.05, 4.69) is 0 Å². The summed E-state index contributed by atoms with van der Waals surface area (Å²) >= 11 is 12.2. The monoisotopic (exact) mass is 314 g/mol. The fourth-order valence-electron chi connectivity index (χ4n) is 1.63. The molecule has 2 unspecified atom stereocenters. The van der Waals surface area contributed by atoms with Gasteiger partial charge < -0.3 is 5.11 Å². The van der Waals surface area contributed by atoms with Gasteiger partial charge in [0.05, 0.1) is 10.8 Å². The first-order chi connectivity index (χ1) is 9.03. The van der Waals surface area contributed by atoms with Gasteiger partial charge in [-0.3, -0.25) is 4.21 Å². The highest BCUT2D eigenvalue weighted by atomic mass is 35.5. The number of alkyl halides is 2. The number of benzene rings is 2. The zero-order valence-electron chi connectivity index (χ0n) is 9.87. The quantitative estimate of drug-likeness (QED) is 0.874. The summed E-state index contributed by atoms with van der Waals surface area (Å²) in [5.41, 5.74) is 0.525. The molecule has 2 aromatic carbocycles. The van der Waals surface area contributed by atoms with Crippen molar-refractivity contribution in [2.24, 2.45) is 0 Å². The van der Waals surface area contributed by atoms with Crippen molar-refractivity contribution in [2.45, 2.75) is 14.7 Å². The van der Waals surface area contributed by atoms with Crippen LogP contribution in [0.2, 0.25) is 0 Å². The Morgan fingerprint density at radius 2 is 1.42 bits per heavy atom. The molecule has 2 rings (SSSR count). The molecule has 0 aliphatic rings. The number of halogens is 2. The second kappa shape index (κ2) is 6.06. The van der Waals surface area contributed by atoms with Crippen LogP contribution < -0.4 is 0 Å². The lowest BCUT2D eigenvalue weighted by molar-refractivity contribution is 0.183. The van der Waals surface area contributed by atoms with Crippen LogP contribution in [0.1, 0.15) is 11.7 Å². The summed E-state index contributed by atoms with van der Waals surface area (Å²) in [6.07, 6.45) is -1.24. The van der Waals surface area contributed by atoms with Gasteiger partial charge >= 0.3 is 0 Å². The van der Waals surface area contributed by atoms with Crippen molar-refractivity contribution >= 4 is 34.0 Å². The van der Waals surface area contributed by atoms with Crippen molar-refractivity contribution < 1.29 is 9.32 Å². The van der Waals surface area contributed by atoms with Crippen molar-refractivity contribution in [2.75, 3.05) is 0 Å². The van der Waals surface area contributed by atoms with E-state index in [0.29, 0.717) is 10.5 Å². The van der Waals surface area contributed by atoms with E-state index >= 15 is 0 Å². The summed E-state index contributed by atoms with van der Waals surface area (Å²) in [4.78, 5) is 0.475. The molecule has 0 spiro atoms. The lowest BCUT2D eigenvalue weighted by atomic mass is 10.1. The minimum Gasteiger partial charge on any atom is -0.384 e. The second-order valence-electron chi connectivity index (χ2n) is 3.96. The average Bonchev–Trinajstić information content (AvgIpc) is 2.47. The first-order valence-electron chi connectivity index (χ1n) is 5.61. The topological polar surface area (TPSA) is 37.3 Å². The molecule has 2 aromatic rings. The summed E-state index contributed by atoms with van der Waals surface area (Å²) < 4.78 is 10.6. The normalized spacial score (nSPS) is 14.9. The van der Waals surface area contributed by atoms with Crippen molar-refractivity contribution in [1.29, 1.82) is 0 Å². The predicted octanol–water partition coefficient (Wildman–Crippen LogP) is 3.66. The Bertz CT molecular complexity index is 558. The molecule has 0 aliphatic carbocycles. The largest absolute Gasteiger partial charge is 0.384 e. The lowest BCUT2D eigenvalue weighted by Crippen LogP contribution is -2.29. The van der Waals surface area contributed by atoms with E-state index in [1.807, 2.05) is 6.07 Å². The van der Waals surface area contributed by atoms with Crippen molar-refractivity contribution in [3.63, 3.8) is 0 Å². The van der Waals surface area contributed by atoms with Gasteiger partial charge in [-0.05, 0) is 17.7 Å². The van der Waals surface area contributed by atoms with Gasteiger partial charge in [-0.25, -0.2) is 0 Å². The third-order valence-corrected chi connectivity index (χ3v) is 5.31. The molecule has 0 fully saturated rings. The van der Waals surface area contributed by atoms with Crippen LogP contribution in [-0.4, -0.2) is 13.0 Å². The van der Waals surface area contributed by atoms with Crippen LogP contribution in [-0.2, 0) is 10.8 Å². The standard InChI is InChI=1S/C14H12Cl2O2S/c15-14(16,13(17)11-7-3-1-4-8-11)19(18)12-9-5-2-6-10-12/h1-10,13,17H. The fourth-order valence-corrected chi connectivity index (χ4v) is 3.48. The molecule has 0 bridgehead atoms. The minimum atomic E-state index is -1.80. The van der Waals surface area contributed by atoms with Gasteiger partial charge in [0.15, 0.2) is 0 Å². The lowest BCUT2D eigenvalue weighted by Gasteiger charge is -2.25. The zero-order valence-corrected chi connectivity index (χ0v) is 12.2. The van der Waals surface area contributed by atoms with Gasteiger partial charge in [-0.1, -0.05) is 71.7 Å². The molecule has 100 valence electrons. The van der Waals surface area contributed by atoms with Gasteiger partial charge in [0.25, 0.3) is 0 Å². The predicted molar refractivity (Wildman–Crippen MR) is 78.7 cm³/mol. The second-order valence-corrected chi connectivity index (χ2v) is 7.44. The fraction of sp³-hybridized carbons (Fsp3) is 0.143. The summed E-state index contributed by atoms with van der Waals surface area (Å²) in [7, 11) is -1.74. The first-order valence-corrected chi connectivity index (χ1v) is 7.52. The van der Waals surface area contributed by atoms with Crippen LogP contribution >= 0.6 is 23.2 Å². The SMILES string of the molecule is O=S(c1ccccc1)C(Cl)(Cl)C(O)c1ccccc1. The molecule has 0 aliphatic heterocycles. The molecule has 2 atom stereocenters. The third kappa shape index (κ3) is 3.18. The van der Waals surface area contributed by atoms with Gasteiger partial charge in [-0.15, -0.1) is 0 Å². The highest BCUT2D eigenvalue weighted by Crippen LogP contribution is 2.41. The number of hydrogen-bond acceptors (Lipinski definition) is 2. The maximum Gasteiger partial charge on any atom is 0.225 e. The molecule has 0 heterocycles. The Kier molecular flexibility index (Phi) is 4.63. The van der Waals surface area contributed by atoms with E-state index in [1.54, 1.807) is 54.6 Å². The Hall–Kier alpha value is -0.870. The molecule has 0 aromatic heterocycles. The van der Waals surface area contributed by atoms with Crippen molar-refractivity contribution in [1.82, 2.24) is 0 Å². The smallest absolute Gasteiger partial charge is 0.225 e. The van der Waals surface area contributed by atoms with Crippen LogP contribution in [0, 0.1) is 0 Å². The van der Waals surface area contributed by atoms with Gasteiger partial charge in [0.2, 0.25) is 3.67 Å². The van der Waals surface area contributed by atoms with Crippen LogP contribution in [0.3, 0.4) is 0 Å². The number of rotatable bonds is 4. The molecule has 0 saturated carbocycles. The Morgan fingerprint density at radius 3 is 1.95 bits per heavy atom. The number of aliphatic hydroxyl groups excluding tert-OH is 1. The van der Waals surface area contributed by atoms with Crippen molar-refractivity contribution in [3.8, 4) is 0 Å². The van der Waals surface area contributed by atoms with Crippen LogP contribution in [0.25, 0.3) is 0 Å². The minimum absolute atomic E-state index is 0.475. The maximum absolute atomic E-state index is 12.4. The Labute approximate surface area is 124 Å². The summed E-state index contributed by atoms with van der Waals surface area (Å²) in [6.45, 7) is 0. The third-order valence-electron chi connectivity index (χ3n) is 2.64. The van der Waals surface area contributed by atoms with Crippen LogP contribution in [0.15, 0.2) is 65.6 Å². The molecule has 1 N–H and O–H groups in total. The summed E-state index contributed by atoms with van der Waals surface area (Å²) in [6, 6.07) is 17.3. The zero-order chi connectivity index (χ0) is 13.9. The first kappa shape index (κ1) is 14.5. The van der Waals surface area contributed by atoms with E-state index in [9.17, 15) is 9.32 Å².